The predicted octanol–water partition coefficient (Wildman–Crippen LogP) is 2.00. The summed E-state index contributed by atoms with van der Waals surface area (Å²) in [7, 11) is 0. The fourth-order valence-corrected chi connectivity index (χ4v) is 1.43. The molecule has 0 amide bonds. The summed E-state index contributed by atoms with van der Waals surface area (Å²) >= 11 is 0. The molecule has 0 aliphatic heterocycles. The van der Waals surface area contributed by atoms with Crippen LogP contribution >= 0.6 is 0 Å². The van der Waals surface area contributed by atoms with Crippen LogP contribution < -0.4 is 0 Å². The van der Waals surface area contributed by atoms with E-state index in [-0.39, 0.29) is 12.0 Å². The first-order valence-corrected chi connectivity index (χ1v) is 4.42. The van der Waals surface area contributed by atoms with Gasteiger partial charge >= 0.3 is 5.97 Å². The molecule has 2 rings (SSSR count). The highest BCUT2D eigenvalue weighted by Crippen LogP contribution is 2.17. The van der Waals surface area contributed by atoms with Crippen LogP contribution in [0.15, 0.2) is 30.5 Å². The van der Waals surface area contributed by atoms with Crippen molar-refractivity contribution in [1.29, 1.82) is 0 Å². The zero-order chi connectivity index (χ0) is 10.8. The molecule has 4 heteroatoms. The van der Waals surface area contributed by atoms with Crippen LogP contribution in [-0.2, 0) is 11.2 Å². The number of fused-ring (bicyclic) bond motifs is 1. The van der Waals surface area contributed by atoms with E-state index in [1.807, 2.05) is 0 Å². The summed E-state index contributed by atoms with van der Waals surface area (Å²) in [5, 5.41) is 9.25. The van der Waals surface area contributed by atoms with E-state index in [1.54, 1.807) is 18.3 Å². The first-order valence-electron chi connectivity index (χ1n) is 4.42. The lowest BCUT2D eigenvalue weighted by Gasteiger charge is -2.02. The number of halogens is 1. The van der Waals surface area contributed by atoms with Crippen molar-refractivity contribution in [2.75, 3.05) is 0 Å². The molecule has 3 nitrogen and oxygen atoms in total. The number of hydrogen-bond acceptors (Lipinski definition) is 2. The molecule has 1 aromatic carbocycles. The minimum Gasteiger partial charge on any atom is -0.481 e. The lowest BCUT2D eigenvalue weighted by molar-refractivity contribution is -0.136. The summed E-state index contributed by atoms with van der Waals surface area (Å²) in [5.41, 5.74) is 0.767. The Labute approximate surface area is 85.2 Å². The summed E-state index contributed by atoms with van der Waals surface area (Å²) in [6, 6.07) is 6.22. The molecule has 1 aromatic heterocycles. The second kappa shape index (κ2) is 3.65. The minimum absolute atomic E-state index is 0.161. The van der Waals surface area contributed by atoms with Gasteiger partial charge in [-0.3, -0.25) is 9.78 Å². The molecule has 1 heterocycles. The van der Waals surface area contributed by atoms with Crippen molar-refractivity contribution in [2.24, 2.45) is 0 Å². The van der Waals surface area contributed by atoms with Crippen LogP contribution in [0.2, 0.25) is 0 Å². The van der Waals surface area contributed by atoms with Gasteiger partial charge in [-0.1, -0.05) is 6.07 Å². The standard InChI is InChI=1S/C11H8FNO2/c12-9-4-7-2-1-3-13-10(7)5-8(9)6-11(14)15/h1-5H,6H2,(H,14,15). The number of carbonyl (C=O) groups is 1. The third kappa shape index (κ3) is 1.93. The Morgan fingerprint density at radius 3 is 3.00 bits per heavy atom. The Kier molecular flexibility index (Phi) is 2.33. The Morgan fingerprint density at radius 1 is 1.47 bits per heavy atom. The monoisotopic (exact) mass is 205 g/mol. The summed E-state index contributed by atoms with van der Waals surface area (Å²) in [6.07, 6.45) is 1.27. The lowest BCUT2D eigenvalue weighted by atomic mass is 10.1. The normalized spacial score (nSPS) is 10.5. The highest BCUT2D eigenvalue weighted by Gasteiger charge is 2.08. The van der Waals surface area contributed by atoms with Crippen molar-refractivity contribution in [1.82, 2.24) is 4.98 Å². The number of aliphatic carboxylic acids is 1. The van der Waals surface area contributed by atoms with Crippen LogP contribution in [-0.4, -0.2) is 16.1 Å². The van der Waals surface area contributed by atoms with Crippen LogP contribution in [0.4, 0.5) is 4.39 Å². The summed E-state index contributed by atoms with van der Waals surface area (Å²) < 4.78 is 13.4. The highest BCUT2D eigenvalue weighted by atomic mass is 19.1. The molecule has 76 valence electrons. The Morgan fingerprint density at radius 2 is 2.27 bits per heavy atom. The van der Waals surface area contributed by atoms with Gasteiger partial charge in [0, 0.05) is 17.1 Å². The van der Waals surface area contributed by atoms with E-state index in [9.17, 15) is 9.18 Å². The molecule has 0 atom stereocenters. The van der Waals surface area contributed by atoms with Gasteiger partial charge in [-0.2, -0.15) is 0 Å². The van der Waals surface area contributed by atoms with Gasteiger partial charge in [0.2, 0.25) is 0 Å². The van der Waals surface area contributed by atoms with Gasteiger partial charge < -0.3 is 5.11 Å². The molecule has 2 aromatic rings. The van der Waals surface area contributed by atoms with E-state index in [0.29, 0.717) is 10.9 Å². The van der Waals surface area contributed by atoms with Gasteiger partial charge in [0.05, 0.1) is 11.9 Å². The molecule has 0 bridgehead atoms. The van der Waals surface area contributed by atoms with Crippen LogP contribution in [0.25, 0.3) is 10.9 Å². The van der Waals surface area contributed by atoms with Gasteiger partial charge in [0.15, 0.2) is 0 Å². The van der Waals surface area contributed by atoms with E-state index >= 15 is 0 Å². The number of nitrogens with zero attached hydrogens (tertiary/aromatic N) is 1. The summed E-state index contributed by atoms with van der Waals surface area (Å²) in [6.45, 7) is 0. The average molecular weight is 205 g/mol. The van der Waals surface area contributed by atoms with Crippen molar-refractivity contribution >= 4 is 16.9 Å². The number of benzene rings is 1. The van der Waals surface area contributed by atoms with Crippen molar-refractivity contribution in [3.05, 3.63) is 41.8 Å². The molecular weight excluding hydrogens is 197 g/mol. The smallest absolute Gasteiger partial charge is 0.307 e. The first-order chi connectivity index (χ1) is 7.16. The minimum atomic E-state index is -1.05. The molecule has 0 saturated heterocycles. The Balaban J connectivity index is 2.56. The fraction of sp³-hybridized carbons (Fsp3) is 0.0909. The van der Waals surface area contributed by atoms with Crippen molar-refractivity contribution in [3.63, 3.8) is 0 Å². The Bertz CT molecular complexity index is 525. The van der Waals surface area contributed by atoms with Crippen LogP contribution in [0.1, 0.15) is 5.56 Å². The van der Waals surface area contributed by atoms with E-state index in [4.69, 9.17) is 5.11 Å². The molecule has 1 N–H and O–H groups in total. The van der Waals surface area contributed by atoms with Gasteiger partial charge in [-0.25, -0.2) is 4.39 Å². The maximum Gasteiger partial charge on any atom is 0.307 e. The molecule has 0 saturated carbocycles. The van der Waals surface area contributed by atoms with Crippen LogP contribution in [0.5, 0.6) is 0 Å². The molecular formula is C11H8FNO2. The SMILES string of the molecule is O=C(O)Cc1cc2ncccc2cc1F. The molecule has 0 unspecified atom stereocenters. The molecule has 15 heavy (non-hydrogen) atoms. The number of rotatable bonds is 2. The zero-order valence-corrected chi connectivity index (χ0v) is 7.77. The van der Waals surface area contributed by atoms with E-state index < -0.39 is 11.8 Å². The van der Waals surface area contributed by atoms with Crippen LogP contribution in [0.3, 0.4) is 0 Å². The predicted molar refractivity (Wildman–Crippen MR) is 53.0 cm³/mol. The van der Waals surface area contributed by atoms with Gasteiger partial charge in [-0.05, 0) is 18.2 Å². The van der Waals surface area contributed by atoms with Crippen LogP contribution in [0, 0.1) is 5.82 Å². The number of carboxylic acid groups (broad SMARTS) is 1. The number of aromatic nitrogens is 1. The fourth-order valence-electron chi connectivity index (χ4n) is 1.43. The summed E-state index contributed by atoms with van der Waals surface area (Å²) in [4.78, 5) is 14.5. The number of carboxylic acids is 1. The molecule has 0 aliphatic rings. The maximum absolute atomic E-state index is 13.4. The summed E-state index contributed by atoms with van der Waals surface area (Å²) in [5.74, 6) is -1.55. The average Bonchev–Trinajstić information content (AvgIpc) is 2.18. The van der Waals surface area contributed by atoms with E-state index in [1.165, 1.54) is 12.1 Å². The van der Waals surface area contributed by atoms with Gasteiger partial charge in [-0.15, -0.1) is 0 Å². The van der Waals surface area contributed by atoms with Gasteiger partial charge in [0.25, 0.3) is 0 Å². The second-order valence-electron chi connectivity index (χ2n) is 3.21. The topological polar surface area (TPSA) is 50.2 Å². The first kappa shape index (κ1) is 9.58. The van der Waals surface area contributed by atoms with Gasteiger partial charge in [0.1, 0.15) is 5.82 Å². The van der Waals surface area contributed by atoms with E-state index in [0.717, 1.165) is 0 Å². The largest absolute Gasteiger partial charge is 0.481 e. The zero-order valence-electron chi connectivity index (χ0n) is 7.77. The van der Waals surface area contributed by atoms with Crippen molar-refractivity contribution in [3.8, 4) is 0 Å². The quantitative estimate of drug-likeness (QED) is 0.815. The molecule has 0 spiro atoms. The lowest BCUT2D eigenvalue weighted by Crippen LogP contribution is -2.02. The second-order valence-corrected chi connectivity index (χ2v) is 3.21. The third-order valence-electron chi connectivity index (χ3n) is 2.11. The van der Waals surface area contributed by atoms with Crippen molar-refractivity contribution in [2.45, 2.75) is 6.42 Å². The van der Waals surface area contributed by atoms with Crippen molar-refractivity contribution < 1.29 is 14.3 Å². The Hall–Kier alpha value is -1.97. The maximum atomic E-state index is 13.4. The highest BCUT2D eigenvalue weighted by molar-refractivity contribution is 5.80. The molecule has 0 fully saturated rings. The molecule has 0 radical (unpaired) electrons. The number of pyridine rings is 1. The van der Waals surface area contributed by atoms with E-state index in [2.05, 4.69) is 4.98 Å². The third-order valence-corrected chi connectivity index (χ3v) is 2.11. The molecule has 0 aliphatic carbocycles. The number of hydrogen-bond donors (Lipinski definition) is 1.